The van der Waals surface area contributed by atoms with E-state index in [9.17, 15) is 0 Å². The molecule has 156 valence electrons. The van der Waals surface area contributed by atoms with Crippen LogP contribution in [0.2, 0.25) is 19.1 Å². The molecule has 0 radical (unpaired) electrons. The molecule has 3 heteroatoms. The van der Waals surface area contributed by atoms with Crippen molar-refractivity contribution in [2.75, 3.05) is 13.2 Å². The van der Waals surface area contributed by atoms with Crippen molar-refractivity contribution in [2.45, 2.75) is 135 Å². The molecule has 1 fully saturated rings. The van der Waals surface area contributed by atoms with Gasteiger partial charge in [0.05, 0.1) is 13.2 Å². The third-order valence-electron chi connectivity index (χ3n) is 5.69. The molecule has 2 nitrogen and oxygen atoms in total. The van der Waals surface area contributed by atoms with Gasteiger partial charge in [0.15, 0.2) is 8.32 Å². The zero-order valence-electron chi connectivity index (χ0n) is 18.3. The van der Waals surface area contributed by atoms with Gasteiger partial charge in [-0.05, 0) is 19.1 Å². The molecule has 0 aliphatic carbocycles. The number of unbranched alkanes of at least 4 members (excludes halogenated alkanes) is 15. The fourth-order valence-corrected chi connectivity index (χ4v) is 5.54. The summed E-state index contributed by atoms with van der Waals surface area (Å²) in [6.07, 6.45) is 23.5. The zero-order valence-corrected chi connectivity index (χ0v) is 19.3. The molecule has 0 aromatic rings. The van der Waals surface area contributed by atoms with Crippen LogP contribution in [0.5, 0.6) is 0 Å². The molecular formula is C23H48O2Si. The maximum atomic E-state index is 6.09. The first-order valence-corrected chi connectivity index (χ1v) is 15.0. The second-order valence-corrected chi connectivity index (χ2v) is 13.4. The van der Waals surface area contributed by atoms with Gasteiger partial charge >= 0.3 is 0 Å². The van der Waals surface area contributed by atoms with Crippen LogP contribution in [-0.2, 0) is 9.16 Å². The number of hydrogen-bond donors (Lipinski definition) is 0. The maximum Gasteiger partial charge on any atom is 0.186 e. The van der Waals surface area contributed by atoms with E-state index in [0.717, 1.165) is 13.2 Å². The normalized spacial score (nSPS) is 17.0. The zero-order chi connectivity index (χ0) is 18.9. The van der Waals surface area contributed by atoms with Crippen molar-refractivity contribution in [1.29, 1.82) is 0 Å². The molecule has 1 aliphatic rings. The van der Waals surface area contributed by atoms with Gasteiger partial charge in [-0.3, -0.25) is 0 Å². The standard InChI is InChI=1S/C23H48O2Si/c1-4-5-6-7-8-9-10-11-12-13-14-15-16-17-18-19-20-26(2,3)25-22-23-21-24-23/h23H,4-22H2,1-3H3. The monoisotopic (exact) mass is 384 g/mol. The summed E-state index contributed by atoms with van der Waals surface area (Å²) in [6, 6.07) is 1.32. The van der Waals surface area contributed by atoms with Gasteiger partial charge in [0.1, 0.15) is 6.10 Å². The number of ether oxygens (including phenoxy) is 1. The Bertz CT molecular complexity index is 303. The van der Waals surface area contributed by atoms with Crippen LogP contribution in [0.1, 0.15) is 110 Å². The Morgan fingerprint density at radius 2 is 1.08 bits per heavy atom. The fourth-order valence-electron chi connectivity index (χ4n) is 3.65. The minimum atomic E-state index is -1.41. The molecule has 0 aromatic heterocycles. The Kier molecular flexibility index (Phi) is 15.0. The number of hydrogen-bond acceptors (Lipinski definition) is 2. The van der Waals surface area contributed by atoms with Gasteiger partial charge in [0.2, 0.25) is 0 Å². The highest BCUT2D eigenvalue weighted by Crippen LogP contribution is 2.20. The average Bonchev–Trinajstić information content (AvgIpc) is 3.44. The Hall–Kier alpha value is 0.137. The van der Waals surface area contributed by atoms with E-state index in [2.05, 4.69) is 20.0 Å². The Morgan fingerprint density at radius 1 is 0.692 bits per heavy atom. The van der Waals surface area contributed by atoms with E-state index in [-0.39, 0.29) is 0 Å². The fraction of sp³-hybridized carbons (Fsp3) is 1.00. The number of epoxide rings is 1. The summed E-state index contributed by atoms with van der Waals surface area (Å²) in [6.45, 7) is 8.78. The summed E-state index contributed by atoms with van der Waals surface area (Å²) in [5, 5.41) is 0. The summed E-state index contributed by atoms with van der Waals surface area (Å²) < 4.78 is 11.3. The van der Waals surface area contributed by atoms with Crippen LogP contribution < -0.4 is 0 Å². The lowest BCUT2D eigenvalue weighted by molar-refractivity contribution is 0.254. The van der Waals surface area contributed by atoms with Crippen molar-refractivity contribution in [3.05, 3.63) is 0 Å². The van der Waals surface area contributed by atoms with E-state index < -0.39 is 8.32 Å². The van der Waals surface area contributed by atoms with Crippen molar-refractivity contribution >= 4 is 8.32 Å². The average molecular weight is 385 g/mol. The van der Waals surface area contributed by atoms with Gasteiger partial charge in [-0.1, -0.05) is 110 Å². The van der Waals surface area contributed by atoms with E-state index in [4.69, 9.17) is 9.16 Å². The Morgan fingerprint density at radius 3 is 1.46 bits per heavy atom. The van der Waals surface area contributed by atoms with Crippen molar-refractivity contribution in [3.8, 4) is 0 Å². The van der Waals surface area contributed by atoms with Crippen LogP contribution in [0.3, 0.4) is 0 Å². The summed E-state index contributed by atoms with van der Waals surface area (Å²) in [5.41, 5.74) is 0. The first-order chi connectivity index (χ1) is 12.6. The van der Waals surface area contributed by atoms with Crippen LogP contribution in [0.25, 0.3) is 0 Å². The molecule has 1 rings (SSSR count). The summed E-state index contributed by atoms with van der Waals surface area (Å²) in [4.78, 5) is 0. The Balaban J connectivity index is 1.71. The lowest BCUT2D eigenvalue weighted by atomic mass is 10.0. The smallest absolute Gasteiger partial charge is 0.186 e. The van der Waals surface area contributed by atoms with Crippen LogP contribution >= 0.6 is 0 Å². The molecule has 0 N–H and O–H groups in total. The molecule has 0 aromatic carbocycles. The summed E-state index contributed by atoms with van der Waals surface area (Å²) >= 11 is 0. The van der Waals surface area contributed by atoms with Gasteiger partial charge in [0.25, 0.3) is 0 Å². The molecule has 1 atom stereocenters. The quantitative estimate of drug-likeness (QED) is 0.121. The first kappa shape index (κ1) is 24.2. The lowest BCUT2D eigenvalue weighted by Gasteiger charge is -2.22. The highest BCUT2D eigenvalue weighted by atomic mass is 28.4. The summed E-state index contributed by atoms with van der Waals surface area (Å²) in [5.74, 6) is 0. The van der Waals surface area contributed by atoms with E-state index in [1.165, 1.54) is 109 Å². The highest BCUT2D eigenvalue weighted by Gasteiger charge is 2.28. The van der Waals surface area contributed by atoms with Gasteiger partial charge in [-0.2, -0.15) is 0 Å². The maximum absolute atomic E-state index is 6.09. The minimum absolute atomic E-state index is 0.424. The lowest BCUT2D eigenvalue weighted by Crippen LogP contribution is -2.31. The van der Waals surface area contributed by atoms with Crippen LogP contribution in [0, 0.1) is 0 Å². The summed E-state index contributed by atoms with van der Waals surface area (Å²) in [7, 11) is -1.41. The van der Waals surface area contributed by atoms with Crippen LogP contribution in [0.4, 0.5) is 0 Å². The topological polar surface area (TPSA) is 21.8 Å². The van der Waals surface area contributed by atoms with Crippen molar-refractivity contribution in [2.24, 2.45) is 0 Å². The molecule has 0 bridgehead atoms. The predicted octanol–water partition coefficient (Wildman–Crippen LogP) is 7.87. The van der Waals surface area contributed by atoms with E-state index in [0.29, 0.717) is 6.10 Å². The third kappa shape index (κ3) is 16.3. The van der Waals surface area contributed by atoms with E-state index in [1.807, 2.05) is 0 Å². The van der Waals surface area contributed by atoms with Crippen molar-refractivity contribution in [3.63, 3.8) is 0 Å². The largest absolute Gasteiger partial charge is 0.415 e. The molecule has 1 heterocycles. The minimum Gasteiger partial charge on any atom is -0.415 e. The second-order valence-electron chi connectivity index (χ2n) is 9.08. The molecule has 0 saturated carbocycles. The third-order valence-corrected chi connectivity index (χ3v) is 8.20. The van der Waals surface area contributed by atoms with Gasteiger partial charge in [-0.25, -0.2) is 0 Å². The molecular weight excluding hydrogens is 336 g/mol. The van der Waals surface area contributed by atoms with E-state index >= 15 is 0 Å². The first-order valence-electron chi connectivity index (χ1n) is 11.9. The molecule has 1 saturated heterocycles. The van der Waals surface area contributed by atoms with Crippen LogP contribution in [-0.4, -0.2) is 27.6 Å². The SMILES string of the molecule is CCCCCCCCCCCCCCCCCC[Si](C)(C)OCC1CO1. The van der Waals surface area contributed by atoms with Crippen LogP contribution in [0.15, 0.2) is 0 Å². The molecule has 26 heavy (non-hydrogen) atoms. The van der Waals surface area contributed by atoms with Crippen molar-refractivity contribution < 1.29 is 9.16 Å². The van der Waals surface area contributed by atoms with Gasteiger partial charge in [0, 0.05) is 0 Å². The highest BCUT2D eigenvalue weighted by molar-refractivity contribution is 6.71. The predicted molar refractivity (Wildman–Crippen MR) is 118 cm³/mol. The Labute approximate surface area is 165 Å². The van der Waals surface area contributed by atoms with E-state index in [1.54, 1.807) is 0 Å². The molecule has 0 amide bonds. The van der Waals surface area contributed by atoms with Gasteiger partial charge in [-0.15, -0.1) is 0 Å². The molecule has 1 unspecified atom stereocenters. The molecule has 1 aliphatic heterocycles. The second kappa shape index (κ2) is 16.1. The number of rotatable bonds is 20. The van der Waals surface area contributed by atoms with Crippen molar-refractivity contribution in [1.82, 2.24) is 0 Å². The molecule has 0 spiro atoms. The van der Waals surface area contributed by atoms with Gasteiger partial charge < -0.3 is 9.16 Å².